The maximum atomic E-state index is 11.1. The van der Waals surface area contributed by atoms with Crippen LogP contribution >= 0.6 is 0 Å². The molecule has 7 aliphatic rings. The molecule has 0 radical (unpaired) electrons. The van der Waals surface area contributed by atoms with E-state index >= 15 is 0 Å². The summed E-state index contributed by atoms with van der Waals surface area (Å²) in [4.78, 5) is 0. The van der Waals surface area contributed by atoms with Gasteiger partial charge in [-0.25, -0.2) is 0 Å². The van der Waals surface area contributed by atoms with E-state index in [9.17, 15) is 20.4 Å². The lowest BCUT2D eigenvalue weighted by molar-refractivity contribution is -0.301. The Balaban J connectivity index is 1.09. The van der Waals surface area contributed by atoms with Crippen molar-refractivity contribution < 1.29 is 39.4 Å². The summed E-state index contributed by atoms with van der Waals surface area (Å²) < 4.78 is 25.2. The smallest absolute Gasteiger partial charge is 0.186 e. The zero-order valence-electron chi connectivity index (χ0n) is 24.8. The Morgan fingerprint density at radius 3 is 2.35 bits per heavy atom. The monoisotopic (exact) mass is 564 g/mol. The SMILES string of the molecule is CC1CCC2(OC1)OC1CC3C4CC[C@@H]5CC(O)[C@@H](O[C@@H]6OC[C@@H](O)[C@H](O)[C@H]6O)C[C@]5(C)C4CC[C@]3(C)C1C2C. The van der Waals surface area contributed by atoms with E-state index in [1.54, 1.807) is 0 Å². The van der Waals surface area contributed by atoms with E-state index in [0.717, 1.165) is 32.3 Å². The van der Waals surface area contributed by atoms with Crippen LogP contribution in [0.1, 0.15) is 85.5 Å². The summed E-state index contributed by atoms with van der Waals surface area (Å²) in [5.41, 5.74) is 0.311. The first-order chi connectivity index (χ1) is 19.0. The maximum Gasteiger partial charge on any atom is 0.186 e. The number of rotatable bonds is 2. The van der Waals surface area contributed by atoms with Gasteiger partial charge in [0.05, 0.1) is 31.5 Å². The second-order valence-corrected chi connectivity index (χ2v) is 15.6. The summed E-state index contributed by atoms with van der Waals surface area (Å²) in [5, 5.41) is 41.6. The predicted molar refractivity (Wildman–Crippen MR) is 146 cm³/mol. The van der Waals surface area contributed by atoms with Crippen LogP contribution in [-0.2, 0) is 18.9 Å². The third-order valence-electron chi connectivity index (χ3n) is 13.7. The Labute approximate surface area is 239 Å². The van der Waals surface area contributed by atoms with Gasteiger partial charge in [-0.05, 0) is 97.7 Å². The molecule has 0 aromatic heterocycles. The molecule has 40 heavy (non-hydrogen) atoms. The number of fused-ring (bicyclic) bond motifs is 7. The molecule has 8 nitrogen and oxygen atoms in total. The van der Waals surface area contributed by atoms with Gasteiger partial charge in [0.2, 0.25) is 0 Å². The molecule has 3 heterocycles. The van der Waals surface area contributed by atoms with Crippen molar-refractivity contribution in [2.24, 2.45) is 52.3 Å². The molecule has 1 spiro atoms. The van der Waals surface area contributed by atoms with Crippen LogP contribution in [0.3, 0.4) is 0 Å². The highest BCUT2D eigenvalue weighted by molar-refractivity contribution is 5.16. The highest BCUT2D eigenvalue weighted by Crippen LogP contribution is 2.71. The molecule has 4 saturated carbocycles. The van der Waals surface area contributed by atoms with Crippen molar-refractivity contribution in [3.8, 4) is 0 Å². The fraction of sp³-hybridized carbons (Fsp3) is 1.00. The third kappa shape index (κ3) is 4.06. The van der Waals surface area contributed by atoms with Crippen molar-refractivity contribution in [3.05, 3.63) is 0 Å². The summed E-state index contributed by atoms with van der Waals surface area (Å²) in [5.74, 6) is 3.52. The largest absolute Gasteiger partial charge is 0.390 e. The van der Waals surface area contributed by atoms with Gasteiger partial charge in [-0.15, -0.1) is 0 Å². The van der Waals surface area contributed by atoms with Crippen LogP contribution in [0.5, 0.6) is 0 Å². The van der Waals surface area contributed by atoms with Crippen LogP contribution in [0.15, 0.2) is 0 Å². The molecule has 8 heteroatoms. The van der Waals surface area contributed by atoms with E-state index in [1.807, 2.05) is 0 Å². The summed E-state index contributed by atoms with van der Waals surface area (Å²) in [6, 6.07) is 0. The average molecular weight is 565 g/mol. The van der Waals surface area contributed by atoms with E-state index in [0.29, 0.717) is 54.0 Å². The standard InChI is InChI=1S/C32H52O8/c1-16-7-10-32(38-14-16)17(2)26-24(40-32)12-21-19-6-5-18-11-22(33)25(39-29-28(36)27(35)23(34)15-37-29)13-31(18,4)20(19)8-9-30(21,26)3/h16-29,33-36H,5-15H2,1-4H3/t16?,17?,18-,19?,20?,21?,22?,23-,24?,25+,26?,27+,28-,29+,30+,31+,32?/m1/s1. The number of hydrogen-bond donors (Lipinski definition) is 4. The highest BCUT2D eigenvalue weighted by atomic mass is 16.7. The molecule has 7 rings (SSSR count). The van der Waals surface area contributed by atoms with Crippen molar-refractivity contribution in [3.63, 3.8) is 0 Å². The molecule has 0 bridgehead atoms. The molecule has 9 unspecified atom stereocenters. The first kappa shape index (κ1) is 28.5. The van der Waals surface area contributed by atoms with Crippen molar-refractivity contribution in [2.75, 3.05) is 13.2 Å². The average Bonchev–Trinajstić information content (AvgIpc) is 3.36. The highest BCUT2D eigenvalue weighted by Gasteiger charge is 2.69. The second kappa shape index (κ2) is 9.85. The first-order valence-corrected chi connectivity index (χ1v) is 16.3. The van der Waals surface area contributed by atoms with Gasteiger partial charge >= 0.3 is 0 Å². The van der Waals surface area contributed by atoms with Gasteiger partial charge in [0, 0.05) is 12.3 Å². The summed E-state index contributed by atoms with van der Waals surface area (Å²) >= 11 is 0. The van der Waals surface area contributed by atoms with Gasteiger partial charge in [0.15, 0.2) is 12.1 Å². The topological polar surface area (TPSA) is 118 Å². The van der Waals surface area contributed by atoms with E-state index in [1.165, 1.54) is 25.7 Å². The van der Waals surface area contributed by atoms with Crippen LogP contribution in [-0.4, -0.2) is 82.3 Å². The molecule has 4 aliphatic carbocycles. The molecular formula is C32H52O8. The van der Waals surface area contributed by atoms with Crippen LogP contribution in [0.25, 0.3) is 0 Å². The normalized spacial score (nSPS) is 61.5. The fourth-order valence-electron chi connectivity index (χ4n) is 11.5. The quantitative estimate of drug-likeness (QED) is 0.378. The van der Waals surface area contributed by atoms with E-state index < -0.39 is 36.8 Å². The van der Waals surface area contributed by atoms with Crippen LogP contribution < -0.4 is 0 Å². The predicted octanol–water partition coefficient (Wildman–Crippen LogP) is 3.23. The molecule has 228 valence electrons. The van der Waals surface area contributed by atoms with E-state index in [4.69, 9.17) is 18.9 Å². The van der Waals surface area contributed by atoms with Crippen molar-refractivity contribution >= 4 is 0 Å². The lowest BCUT2D eigenvalue weighted by atomic mass is 9.44. The van der Waals surface area contributed by atoms with E-state index in [2.05, 4.69) is 27.7 Å². The van der Waals surface area contributed by atoms with Crippen LogP contribution in [0, 0.1) is 52.3 Å². The van der Waals surface area contributed by atoms with Crippen molar-refractivity contribution in [1.82, 2.24) is 0 Å². The minimum atomic E-state index is -1.34. The van der Waals surface area contributed by atoms with Gasteiger partial charge in [-0.1, -0.05) is 27.7 Å². The fourth-order valence-corrected chi connectivity index (χ4v) is 11.5. The molecule has 7 fully saturated rings. The Morgan fingerprint density at radius 1 is 0.800 bits per heavy atom. The van der Waals surface area contributed by atoms with Gasteiger partial charge in [0.25, 0.3) is 0 Å². The third-order valence-corrected chi connectivity index (χ3v) is 13.7. The molecule has 4 N–H and O–H groups in total. The lowest BCUT2D eigenvalue weighted by Gasteiger charge is -2.62. The summed E-state index contributed by atoms with van der Waals surface area (Å²) in [7, 11) is 0. The van der Waals surface area contributed by atoms with Gasteiger partial charge in [-0.3, -0.25) is 0 Å². The lowest BCUT2D eigenvalue weighted by Crippen LogP contribution is -2.59. The van der Waals surface area contributed by atoms with E-state index in [-0.39, 0.29) is 23.2 Å². The first-order valence-electron chi connectivity index (χ1n) is 16.3. The molecule has 0 aromatic rings. The molecule has 17 atom stereocenters. The Kier molecular flexibility index (Phi) is 7.00. The van der Waals surface area contributed by atoms with Crippen LogP contribution in [0.2, 0.25) is 0 Å². The Bertz CT molecular complexity index is 953. The number of aliphatic hydroxyl groups is 4. The minimum Gasteiger partial charge on any atom is -0.390 e. The second-order valence-electron chi connectivity index (χ2n) is 15.6. The van der Waals surface area contributed by atoms with Crippen molar-refractivity contribution in [2.45, 2.75) is 134 Å². The van der Waals surface area contributed by atoms with Gasteiger partial charge in [0.1, 0.15) is 18.3 Å². The van der Waals surface area contributed by atoms with Gasteiger partial charge in [-0.2, -0.15) is 0 Å². The summed E-state index contributed by atoms with van der Waals surface area (Å²) in [6.45, 7) is 10.4. The zero-order valence-corrected chi connectivity index (χ0v) is 24.8. The number of ether oxygens (including phenoxy) is 4. The molecule has 0 amide bonds. The molecule has 3 aliphatic heterocycles. The van der Waals surface area contributed by atoms with Gasteiger partial charge < -0.3 is 39.4 Å². The molecule has 3 saturated heterocycles. The Morgan fingerprint density at radius 2 is 1.60 bits per heavy atom. The minimum absolute atomic E-state index is 0.0416. The van der Waals surface area contributed by atoms with Crippen molar-refractivity contribution in [1.29, 1.82) is 0 Å². The van der Waals surface area contributed by atoms with Crippen LogP contribution in [0.4, 0.5) is 0 Å². The number of hydrogen-bond acceptors (Lipinski definition) is 8. The molecule has 0 aromatic carbocycles. The Hall–Kier alpha value is -0.320. The molecular weight excluding hydrogens is 512 g/mol. The number of aliphatic hydroxyl groups excluding tert-OH is 4. The summed E-state index contributed by atoms with van der Waals surface area (Å²) in [6.07, 6.45) is 3.91. The zero-order chi connectivity index (χ0) is 28.2. The maximum absolute atomic E-state index is 11.1.